The molecule has 1 aromatic rings. The highest BCUT2D eigenvalue weighted by atomic mass is 13.9. The van der Waals surface area contributed by atoms with Crippen LogP contribution in [0.3, 0.4) is 0 Å². The van der Waals surface area contributed by atoms with Gasteiger partial charge in [0.25, 0.3) is 0 Å². The van der Waals surface area contributed by atoms with Crippen LogP contribution in [0.2, 0.25) is 0 Å². The van der Waals surface area contributed by atoms with Gasteiger partial charge in [-0.15, -0.1) is 0 Å². The molecule has 0 aliphatic heterocycles. The van der Waals surface area contributed by atoms with Gasteiger partial charge in [-0.25, -0.2) is 0 Å². The van der Waals surface area contributed by atoms with Crippen molar-refractivity contribution < 1.29 is 0 Å². The molecule has 0 saturated heterocycles. The Kier molecular flexibility index (Phi) is 5.24. The van der Waals surface area contributed by atoms with Crippen LogP contribution in [0.25, 0.3) is 0 Å². The molecule has 0 unspecified atom stereocenters. The van der Waals surface area contributed by atoms with Gasteiger partial charge in [-0.1, -0.05) is 66.3 Å². The molecule has 1 rings (SSSR count). The molecular weight excluding hydrogens is 180 g/mol. The fourth-order valence-corrected chi connectivity index (χ4v) is 1.25. The second-order valence-electron chi connectivity index (χ2n) is 3.53. The van der Waals surface area contributed by atoms with Crippen molar-refractivity contribution in [2.75, 3.05) is 0 Å². The molecule has 0 heteroatoms. The molecule has 0 amide bonds. The van der Waals surface area contributed by atoms with E-state index < -0.39 is 0 Å². The molecular formula is C15H18. The molecule has 0 nitrogen and oxygen atoms in total. The predicted octanol–water partition coefficient (Wildman–Crippen LogP) is 4.23. The largest absolute Gasteiger partial charge is 0.0877 e. The van der Waals surface area contributed by atoms with E-state index in [1.165, 1.54) is 11.1 Å². The topological polar surface area (TPSA) is 0 Å². The third-order valence-electron chi connectivity index (χ3n) is 2.14. The molecule has 0 N–H and O–H groups in total. The van der Waals surface area contributed by atoms with Crippen molar-refractivity contribution in [2.45, 2.75) is 20.3 Å². The van der Waals surface area contributed by atoms with E-state index in [0.29, 0.717) is 0 Å². The van der Waals surface area contributed by atoms with Gasteiger partial charge >= 0.3 is 0 Å². The quantitative estimate of drug-likeness (QED) is 0.635. The van der Waals surface area contributed by atoms with Crippen LogP contribution in [0.15, 0.2) is 60.7 Å². The van der Waals surface area contributed by atoms with Gasteiger partial charge in [0.1, 0.15) is 0 Å². The highest BCUT2D eigenvalue weighted by Gasteiger charge is 1.87. The maximum absolute atomic E-state index is 2.18. The molecule has 0 spiro atoms. The molecule has 0 radical (unpaired) electrons. The zero-order valence-electron chi connectivity index (χ0n) is 9.48. The molecule has 0 aliphatic rings. The Morgan fingerprint density at radius 3 is 2.27 bits per heavy atom. The van der Waals surface area contributed by atoms with Gasteiger partial charge < -0.3 is 0 Å². The summed E-state index contributed by atoms with van der Waals surface area (Å²) in [5.74, 6) is 0. The Labute approximate surface area is 92.6 Å². The highest BCUT2D eigenvalue weighted by Crippen LogP contribution is 2.04. The van der Waals surface area contributed by atoms with Crippen molar-refractivity contribution in [1.29, 1.82) is 0 Å². The minimum atomic E-state index is 1.00. The Hall–Kier alpha value is -1.56. The molecule has 15 heavy (non-hydrogen) atoms. The Balaban J connectivity index is 2.40. The molecule has 0 fully saturated rings. The summed E-state index contributed by atoms with van der Waals surface area (Å²) in [4.78, 5) is 0. The average Bonchev–Trinajstić information content (AvgIpc) is 2.26. The second-order valence-corrected chi connectivity index (χ2v) is 3.53. The van der Waals surface area contributed by atoms with Gasteiger partial charge in [-0.3, -0.25) is 0 Å². The van der Waals surface area contributed by atoms with E-state index in [4.69, 9.17) is 0 Å². The van der Waals surface area contributed by atoms with Gasteiger partial charge in [0, 0.05) is 0 Å². The maximum Gasteiger partial charge on any atom is -0.00943 e. The van der Waals surface area contributed by atoms with Gasteiger partial charge in [-0.2, -0.15) is 0 Å². The van der Waals surface area contributed by atoms with Gasteiger partial charge in [0.05, 0.1) is 0 Å². The van der Waals surface area contributed by atoms with Crippen LogP contribution < -0.4 is 0 Å². The van der Waals surface area contributed by atoms with Gasteiger partial charge in [0.2, 0.25) is 0 Å². The zero-order chi connectivity index (χ0) is 10.9. The van der Waals surface area contributed by atoms with Crippen LogP contribution in [0.5, 0.6) is 0 Å². The van der Waals surface area contributed by atoms with E-state index in [9.17, 15) is 0 Å². The third-order valence-corrected chi connectivity index (χ3v) is 2.14. The van der Waals surface area contributed by atoms with Crippen LogP contribution in [-0.2, 0) is 6.42 Å². The predicted molar refractivity (Wildman–Crippen MR) is 68.0 cm³/mol. The molecule has 1 aromatic carbocycles. The Morgan fingerprint density at radius 1 is 0.933 bits per heavy atom. The Bertz CT molecular complexity index is 350. The lowest BCUT2D eigenvalue weighted by Crippen LogP contribution is -1.80. The molecule has 0 bridgehead atoms. The van der Waals surface area contributed by atoms with E-state index >= 15 is 0 Å². The first-order valence-electron chi connectivity index (χ1n) is 5.33. The smallest absolute Gasteiger partial charge is 0.00943 e. The summed E-state index contributed by atoms with van der Waals surface area (Å²) >= 11 is 0. The second kappa shape index (κ2) is 6.83. The SMILES string of the molecule is C\C=C/C=C\C=C\Cc1ccc(C)cc1. The number of benzene rings is 1. The standard InChI is InChI=1S/C15H18/c1-3-4-5-6-7-8-9-15-12-10-14(2)11-13-15/h3-8,10-13H,9H2,1-2H3/b4-3-,6-5-,8-7+. The normalized spacial score (nSPS) is 12.1. The van der Waals surface area contributed by atoms with Gasteiger partial charge in [-0.05, 0) is 25.8 Å². The number of allylic oxidation sites excluding steroid dienone is 6. The lowest BCUT2D eigenvalue weighted by atomic mass is 10.1. The van der Waals surface area contributed by atoms with Crippen molar-refractivity contribution >= 4 is 0 Å². The lowest BCUT2D eigenvalue weighted by Gasteiger charge is -1.96. The van der Waals surface area contributed by atoms with Crippen molar-refractivity contribution in [3.8, 4) is 0 Å². The number of rotatable bonds is 4. The van der Waals surface area contributed by atoms with Crippen LogP contribution in [-0.4, -0.2) is 0 Å². The molecule has 0 aromatic heterocycles. The van der Waals surface area contributed by atoms with E-state index in [0.717, 1.165) is 6.42 Å². The lowest BCUT2D eigenvalue weighted by molar-refractivity contribution is 1.26. The van der Waals surface area contributed by atoms with Crippen LogP contribution in [0.4, 0.5) is 0 Å². The maximum atomic E-state index is 2.18. The molecule has 0 heterocycles. The number of hydrogen-bond donors (Lipinski definition) is 0. The average molecular weight is 198 g/mol. The molecule has 0 atom stereocenters. The van der Waals surface area contributed by atoms with E-state index in [1.54, 1.807) is 0 Å². The summed E-state index contributed by atoms with van der Waals surface area (Å²) in [6, 6.07) is 8.66. The van der Waals surface area contributed by atoms with E-state index in [2.05, 4.69) is 43.3 Å². The van der Waals surface area contributed by atoms with E-state index in [-0.39, 0.29) is 0 Å². The first-order chi connectivity index (χ1) is 7.33. The zero-order valence-corrected chi connectivity index (χ0v) is 9.48. The third kappa shape index (κ3) is 5.02. The Morgan fingerprint density at radius 2 is 1.60 bits per heavy atom. The fourth-order valence-electron chi connectivity index (χ4n) is 1.25. The van der Waals surface area contributed by atoms with Crippen molar-refractivity contribution in [1.82, 2.24) is 0 Å². The summed E-state index contributed by atoms with van der Waals surface area (Å²) in [6.07, 6.45) is 13.4. The minimum absolute atomic E-state index is 1.00. The first kappa shape index (κ1) is 11.5. The van der Waals surface area contributed by atoms with Crippen LogP contribution >= 0.6 is 0 Å². The number of hydrogen-bond acceptors (Lipinski definition) is 0. The number of aryl methyl sites for hydroxylation is 1. The van der Waals surface area contributed by atoms with Crippen molar-refractivity contribution in [2.24, 2.45) is 0 Å². The van der Waals surface area contributed by atoms with Gasteiger partial charge in [0.15, 0.2) is 0 Å². The van der Waals surface area contributed by atoms with Crippen LogP contribution in [0, 0.1) is 6.92 Å². The van der Waals surface area contributed by atoms with Crippen molar-refractivity contribution in [3.63, 3.8) is 0 Å². The monoisotopic (exact) mass is 198 g/mol. The van der Waals surface area contributed by atoms with Crippen molar-refractivity contribution in [3.05, 3.63) is 71.8 Å². The van der Waals surface area contributed by atoms with E-state index in [1.807, 2.05) is 31.2 Å². The molecule has 0 aliphatic carbocycles. The summed E-state index contributed by atoms with van der Waals surface area (Å²) in [5.41, 5.74) is 2.67. The summed E-state index contributed by atoms with van der Waals surface area (Å²) in [5, 5.41) is 0. The van der Waals surface area contributed by atoms with Crippen LogP contribution in [0.1, 0.15) is 18.1 Å². The fraction of sp³-hybridized carbons (Fsp3) is 0.200. The highest BCUT2D eigenvalue weighted by molar-refractivity contribution is 5.23. The minimum Gasteiger partial charge on any atom is -0.0877 e. The molecule has 78 valence electrons. The summed E-state index contributed by atoms with van der Waals surface area (Å²) in [7, 11) is 0. The molecule has 0 saturated carbocycles. The first-order valence-corrected chi connectivity index (χ1v) is 5.33. The summed E-state index contributed by atoms with van der Waals surface area (Å²) < 4.78 is 0. The summed E-state index contributed by atoms with van der Waals surface area (Å²) in [6.45, 7) is 4.12.